The molecule has 1 unspecified atom stereocenters. The van der Waals surface area contributed by atoms with Gasteiger partial charge >= 0.3 is 6.03 Å². The van der Waals surface area contributed by atoms with Gasteiger partial charge in [0.2, 0.25) is 0 Å². The maximum Gasteiger partial charge on any atom is 0.323 e. The summed E-state index contributed by atoms with van der Waals surface area (Å²) >= 11 is 1.76. The van der Waals surface area contributed by atoms with Gasteiger partial charge in [0.1, 0.15) is 22.4 Å². The van der Waals surface area contributed by atoms with Crippen LogP contribution in [0.15, 0.2) is 60.8 Å². The van der Waals surface area contributed by atoms with Crippen molar-refractivity contribution in [2.75, 3.05) is 26.0 Å². The number of likely N-dealkylation sites (N-methyl/N-ethyl adjacent to an activating group) is 1. The van der Waals surface area contributed by atoms with Gasteiger partial charge in [-0.2, -0.15) is 0 Å². The number of hydrogen-bond donors (Lipinski definition) is 1. The first-order chi connectivity index (χ1) is 17.9. The average molecular weight is 521 g/mol. The van der Waals surface area contributed by atoms with E-state index in [0.29, 0.717) is 12.3 Å². The molecule has 4 heterocycles. The Morgan fingerprint density at radius 2 is 1.95 bits per heavy atom. The number of rotatable bonds is 3. The summed E-state index contributed by atoms with van der Waals surface area (Å²) in [5, 5.41) is 3.73. The van der Waals surface area contributed by atoms with Gasteiger partial charge < -0.3 is 24.4 Å². The highest BCUT2D eigenvalue weighted by molar-refractivity contribution is 7.15. The van der Waals surface area contributed by atoms with Crippen LogP contribution < -0.4 is 10.1 Å². The van der Waals surface area contributed by atoms with Crippen LogP contribution in [0.2, 0.25) is 0 Å². The molecule has 2 aliphatic heterocycles. The van der Waals surface area contributed by atoms with E-state index in [1.54, 1.807) is 23.3 Å². The van der Waals surface area contributed by atoms with Gasteiger partial charge in [-0.3, -0.25) is 0 Å². The number of urea groups is 1. The van der Waals surface area contributed by atoms with Crippen LogP contribution in [-0.4, -0.2) is 41.1 Å². The molecule has 2 amide bonds. The summed E-state index contributed by atoms with van der Waals surface area (Å²) in [6.45, 7) is 2.13. The maximum atomic E-state index is 14.5. The zero-order chi connectivity index (χ0) is 25.7. The summed E-state index contributed by atoms with van der Waals surface area (Å²) in [6.07, 6.45) is 2.92. The molecule has 6 nitrogen and oxygen atoms in total. The molecule has 1 N–H and O–H groups in total. The zero-order valence-corrected chi connectivity index (χ0v) is 21.3. The number of nitrogens with zero attached hydrogens (tertiary/aromatic N) is 3. The van der Waals surface area contributed by atoms with Crippen molar-refractivity contribution in [3.63, 3.8) is 0 Å². The Balaban J connectivity index is 1.51. The number of carbonyl (C=O) groups is 1. The van der Waals surface area contributed by atoms with Crippen LogP contribution in [0.5, 0.6) is 5.75 Å². The molecule has 0 bridgehead atoms. The molecule has 1 atom stereocenters. The summed E-state index contributed by atoms with van der Waals surface area (Å²) in [5.74, 6) is -0.641. The number of aromatic nitrogens is 1. The van der Waals surface area contributed by atoms with Crippen molar-refractivity contribution < 1.29 is 18.3 Å². The van der Waals surface area contributed by atoms with Crippen LogP contribution >= 0.6 is 11.3 Å². The van der Waals surface area contributed by atoms with E-state index in [-0.39, 0.29) is 5.69 Å². The van der Waals surface area contributed by atoms with Gasteiger partial charge in [0, 0.05) is 35.8 Å². The second kappa shape index (κ2) is 9.32. The largest absolute Gasteiger partial charge is 0.497 e. The number of methoxy groups -OCH3 is 1. The molecule has 0 fully saturated rings. The number of nitrogens with one attached hydrogen (secondary N) is 1. The Morgan fingerprint density at radius 1 is 1.08 bits per heavy atom. The minimum Gasteiger partial charge on any atom is -0.497 e. The van der Waals surface area contributed by atoms with Crippen LogP contribution in [0.1, 0.15) is 33.3 Å². The van der Waals surface area contributed by atoms with E-state index in [1.807, 2.05) is 42.6 Å². The second-order valence-corrected chi connectivity index (χ2v) is 10.5. The van der Waals surface area contributed by atoms with Gasteiger partial charge in [0.05, 0.1) is 31.1 Å². The lowest BCUT2D eigenvalue weighted by Gasteiger charge is -2.32. The molecule has 190 valence electrons. The van der Waals surface area contributed by atoms with Crippen LogP contribution in [-0.2, 0) is 19.5 Å². The standard InChI is InChI=1S/C28H26F2N4O2S/c1-32-12-10-20-21-15-34(28(35)31-23-14-18(29)8-9-22(23)30)26(17-5-3-6-19(13-17)36-2)24-7-4-11-33(24)27(21)37-25(20)16-32/h3-9,11,13-14,26H,10,12,15-16H2,1-2H3,(H,31,35). The lowest BCUT2D eigenvalue weighted by molar-refractivity contribution is 0.194. The molecule has 37 heavy (non-hydrogen) atoms. The molecule has 9 heteroatoms. The normalized spacial score (nSPS) is 17.0. The van der Waals surface area contributed by atoms with E-state index < -0.39 is 23.7 Å². The van der Waals surface area contributed by atoms with E-state index in [0.717, 1.165) is 59.5 Å². The highest BCUT2D eigenvalue weighted by Crippen LogP contribution is 2.44. The first kappa shape index (κ1) is 23.7. The van der Waals surface area contributed by atoms with Crippen LogP contribution in [0, 0.1) is 11.6 Å². The molecule has 2 aromatic carbocycles. The third-order valence-corrected chi connectivity index (χ3v) is 8.35. The fraction of sp³-hybridized carbons (Fsp3) is 0.250. The Bertz CT molecular complexity index is 1500. The Morgan fingerprint density at radius 3 is 2.78 bits per heavy atom. The molecule has 2 aliphatic rings. The summed E-state index contributed by atoms with van der Waals surface area (Å²) in [4.78, 5) is 19.2. The van der Waals surface area contributed by atoms with Gasteiger partial charge in [-0.15, -0.1) is 11.3 Å². The third-order valence-electron chi connectivity index (χ3n) is 7.10. The minimum absolute atomic E-state index is 0.191. The first-order valence-corrected chi connectivity index (χ1v) is 12.9. The fourth-order valence-corrected chi connectivity index (χ4v) is 6.74. The molecule has 0 saturated carbocycles. The molecule has 2 aromatic heterocycles. The number of carbonyl (C=O) groups excluding carboxylic acids is 1. The fourth-order valence-electron chi connectivity index (χ4n) is 5.29. The van der Waals surface area contributed by atoms with Gasteiger partial charge in [0.15, 0.2) is 0 Å². The van der Waals surface area contributed by atoms with Crippen molar-refractivity contribution in [2.24, 2.45) is 0 Å². The van der Waals surface area contributed by atoms with Crippen molar-refractivity contribution in [1.82, 2.24) is 14.4 Å². The van der Waals surface area contributed by atoms with Crippen LogP contribution in [0.3, 0.4) is 0 Å². The van der Waals surface area contributed by atoms with E-state index in [2.05, 4.69) is 21.8 Å². The molecule has 0 radical (unpaired) electrons. The lowest BCUT2D eigenvalue weighted by atomic mass is 10.00. The number of amides is 2. The van der Waals surface area contributed by atoms with Gasteiger partial charge in [-0.1, -0.05) is 12.1 Å². The van der Waals surface area contributed by atoms with Crippen molar-refractivity contribution in [3.05, 3.63) is 99.7 Å². The number of ether oxygens (including phenoxy) is 1. The Hall–Kier alpha value is -3.69. The number of fused-ring (bicyclic) bond motifs is 5. The van der Waals surface area contributed by atoms with E-state index in [9.17, 15) is 13.6 Å². The summed E-state index contributed by atoms with van der Waals surface area (Å²) in [5.41, 5.74) is 3.96. The smallest absolute Gasteiger partial charge is 0.323 e. The summed E-state index contributed by atoms with van der Waals surface area (Å²) in [6, 6.07) is 13.7. The predicted molar refractivity (Wildman–Crippen MR) is 139 cm³/mol. The molecule has 0 saturated heterocycles. The van der Waals surface area contributed by atoms with Gasteiger partial charge in [0.25, 0.3) is 0 Å². The zero-order valence-electron chi connectivity index (χ0n) is 20.5. The third kappa shape index (κ3) is 4.18. The SMILES string of the molecule is COc1cccc(C2c3cccn3-c3sc4c(c3CN2C(=O)Nc2cc(F)ccc2F)CCN(C)C4)c1. The van der Waals surface area contributed by atoms with Gasteiger partial charge in [-0.25, -0.2) is 13.6 Å². The second-order valence-electron chi connectivity index (χ2n) is 9.44. The van der Waals surface area contributed by atoms with Gasteiger partial charge in [-0.05, 0) is 61.0 Å². The number of halogens is 2. The topological polar surface area (TPSA) is 49.7 Å². The molecule has 4 aromatic rings. The average Bonchev–Trinajstić information content (AvgIpc) is 3.47. The molecule has 0 spiro atoms. The number of anilines is 1. The summed E-state index contributed by atoms with van der Waals surface area (Å²) < 4.78 is 36.1. The molecule has 6 rings (SSSR count). The Labute approximate surface area is 217 Å². The van der Waals surface area contributed by atoms with E-state index >= 15 is 0 Å². The number of hydrogen-bond acceptors (Lipinski definition) is 4. The quantitative estimate of drug-likeness (QED) is 0.363. The monoisotopic (exact) mass is 520 g/mol. The molecular formula is C28H26F2N4O2S. The van der Waals surface area contributed by atoms with Crippen molar-refractivity contribution in [3.8, 4) is 10.8 Å². The molecular weight excluding hydrogens is 494 g/mol. The Kier molecular flexibility index (Phi) is 5.97. The first-order valence-electron chi connectivity index (χ1n) is 12.1. The maximum absolute atomic E-state index is 14.5. The summed E-state index contributed by atoms with van der Waals surface area (Å²) in [7, 11) is 3.72. The predicted octanol–water partition coefficient (Wildman–Crippen LogP) is 5.95. The minimum atomic E-state index is -0.692. The highest BCUT2D eigenvalue weighted by atomic mass is 32.1. The van der Waals surface area contributed by atoms with Crippen LogP contribution in [0.25, 0.3) is 5.00 Å². The highest BCUT2D eigenvalue weighted by Gasteiger charge is 2.36. The molecule has 0 aliphatic carbocycles. The van der Waals surface area contributed by atoms with Crippen molar-refractivity contribution in [1.29, 1.82) is 0 Å². The van der Waals surface area contributed by atoms with E-state index in [1.165, 1.54) is 10.4 Å². The number of benzene rings is 2. The van der Waals surface area contributed by atoms with Crippen molar-refractivity contribution >= 4 is 23.1 Å². The number of thiophene rings is 1. The lowest BCUT2D eigenvalue weighted by Crippen LogP contribution is -2.38. The van der Waals surface area contributed by atoms with Crippen molar-refractivity contribution in [2.45, 2.75) is 25.6 Å². The van der Waals surface area contributed by atoms with Crippen LogP contribution in [0.4, 0.5) is 19.3 Å². The van der Waals surface area contributed by atoms with E-state index in [4.69, 9.17) is 4.74 Å².